The van der Waals surface area contributed by atoms with Crippen LogP contribution in [0.5, 0.6) is 0 Å². The molecular weight excluding hydrogens is 321 g/mol. The number of rotatable bonds is 3. The molecule has 0 atom stereocenters. The van der Waals surface area contributed by atoms with Gasteiger partial charge in [-0.2, -0.15) is 0 Å². The van der Waals surface area contributed by atoms with Gasteiger partial charge in [-0.1, -0.05) is 30.3 Å². The minimum absolute atomic E-state index is 0.00913. The van der Waals surface area contributed by atoms with Crippen LogP contribution >= 0.6 is 0 Å². The first-order chi connectivity index (χ1) is 12.1. The van der Waals surface area contributed by atoms with Crippen LogP contribution in [-0.4, -0.2) is 36.0 Å². The second kappa shape index (κ2) is 7.79. The lowest BCUT2D eigenvalue weighted by Gasteiger charge is -2.32. The summed E-state index contributed by atoms with van der Waals surface area (Å²) in [6, 6.07) is 14.7. The van der Waals surface area contributed by atoms with Crippen molar-refractivity contribution >= 4 is 17.6 Å². The van der Waals surface area contributed by atoms with Crippen molar-refractivity contribution in [1.82, 2.24) is 10.2 Å². The first-order valence-corrected chi connectivity index (χ1v) is 8.30. The van der Waals surface area contributed by atoms with E-state index in [-0.39, 0.29) is 17.6 Å². The Morgan fingerprint density at radius 2 is 1.60 bits per heavy atom. The predicted molar refractivity (Wildman–Crippen MR) is 93.9 cm³/mol. The van der Waals surface area contributed by atoms with Crippen LogP contribution in [0.2, 0.25) is 0 Å². The molecule has 1 heterocycles. The van der Waals surface area contributed by atoms with Crippen LogP contribution in [0.15, 0.2) is 54.6 Å². The number of carbonyl (C=O) groups excluding carboxylic acids is 2. The zero-order valence-electron chi connectivity index (χ0n) is 13.7. The van der Waals surface area contributed by atoms with E-state index < -0.39 is 11.8 Å². The molecule has 25 heavy (non-hydrogen) atoms. The number of hydrogen-bond donors (Lipinski definition) is 2. The molecule has 0 unspecified atom stereocenters. The molecule has 1 saturated heterocycles. The van der Waals surface area contributed by atoms with Gasteiger partial charge in [0.1, 0.15) is 5.82 Å². The van der Waals surface area contributed by atoms with Crippen molar-refractivity contribution in [2.45, 2.75) is 18.9 Å². The third-order valence-corrected chi connectivity index (χ3v) is 4.26. The summed E-state index contributed by atoms with van der Waals surface area (Å²) < 4.78 is 13.5. The van der Waals surface area contributed by atoms with Gasteiger partial charge in [0.15, 0.2) is 0 Å². The van der Waals surface area contributed by atoms with Crippen molar-refractivity contribution in [2.24, 2.45) is 0 Å². The molecule has 5 nitrogen and oxygen atoms in total. The van der Waals surface area contributed by atoms with Gasteiger partial charge in [-0.25, -0.2) is 9.18 Å². The van der Waals surface area contributed by atoms with Gasteiger partial charge in [0.05, 0.1) is 5.69 Å². The smallest absolute Gasteiger partial charge is 0.319 e. The average Bonchev–Trinajstić information content (AvgIpc) is 2.64. The maximum atomic E-state index is 13.5. The molecule has 2 aromatic carbocycles. The van der Waals surface area contributed by atoms with E-state index >= 15 is 0 Å². The Balaban J connectivity index is 1.48. The highest BCUT2D eigenvalue weighted by atomic mass is 19.1. The summed E-state index contributed by atoms with van der Waals surface area (Å²) in [6.45, 7) is 1.16. The summed E-state index contributed by atoms with van der Waals surface area (Å²) in [5, 5.41) is 5.35. The normalized spacial score (nSPS) is 14.8. The van der Waals surface area contributed by atoms with Crippen LogP contribution in [-0.2, 0) is 0 Å². The standard InChI is InChI=1S/C19H20FN3O2/c20-16-8-4-5-9-17(16)22-19(25)21-15-10-12-23(13-11-15)18(24)14-6-2-1-3-7-14/h1-9,15H,10-13H2,(H2,21,22,25). The molecule has 0 aromatic heterocycles. The SMILES string of the molecule is O=C(Nc1ccccc1F)NC1CCN(C(=O)c2ccccc2)CC1. The quantitative estimate of drug-likeness (QED) is 0.900. The summed E-state index contributed by atoms with van der Waals surface area (Å²) in [5.41, 5.74) is 0.822. The van der Waals surface area contributed by atoms with Gasteiger partial charge in [-0.05, 0) is 37.1 Å². The van der Waals surface area contributed by atoms with E-state index in [9.17, 15) is 14.0 Å². The number of hydrogen-bond acceptors (Lipinski definition) is 2. The Hall–Kier alpha value is -2.89. The first-order valence-electron chi connectivity index (χ1n) is 8.30. The molecule has 1 fully saturated rings. The molecule has 3 amide bonds. The van der Waals surface area contributed by atoms with Crippen molar-refractivity contribution in [2.75, 3.05) is 18.4 Å². The minimum atomic E-state index is -0.471. The third-order valence-electron chi connectivity index (χ3n) is 4.26. The number of nitrogens with zero attached hydrogens (tertiary/aromatic N) is 1. The number of benzene rings is 2. The minimum Gasteiger partial charge on any atom is -0.338 e. The van der Waals surface area contributed by atoms with Crippen LogP contribution in [0.25, 0.3) is 0 Å². The van der Waals surface area contributed by atoms with E-state index in [4.69, 9.17) is 0 Å². The van der Waals surface area contributed by atoms with Crippen molar-refractivity contribution in [3.63, 3.8) is 0 Å². The van der Waals surface area contributed by atoms with Crippen LogP contribution in [0, 0.1) is 5.82 Å². The molecule has 1 aliphatic heterocycles. The van der Waals surface area contributed by atoms with Crippen molar-refractivity contribution < 1.29 is 14.0 Å². The number of anilines is 1. The Kier molecular flexibility index (Phi) is 5.28. The van der Waals surface area contributed by atoms with Gasteiger partial charge in [0, 0.05) is 24.7 Å². The van der Waals surface area contributed by atoms with E-state index in [1.807, 2.05) is 18.2 Å². The van der Waals surface area contributed by atoms with Crippen LogP contribution in [0.4, 0.5) is 14.9 Å². The van der Waals surface area contributed by atoms with Gasteiger partial charge in [-0.3, -0.25) is 4.79 Å². The molecule has 0 bridgehead atoms. The number of urea groups is 1. The molecule has 6 heteroatoms. The lowest BCUT2D eigenvalue weighted by Crippen LogP contribution is -2.47. The van der Waals surface area contributed by atoms with E-state index in [0.717, 1.165) is 0 Å². The van der Waals surface area contributed by atoms with Crippen LogP contribution < -0.4 is 10.6 Å². The zero-order valence-corrected chi connectivity index (χ0v) is 13.7. The fourth-order valence-electron chi connectivity index (χ4n) is 2.90. The second-order valence-corrected chi connectivity index (χ2v) is 6.01. The van der Waals surface area contributed by atoms with Crippen LogP contribution in [0.3, 0.4) is 0 Å². The fraction of sp³-hybridized carbons (Fsp3) is 0.263. The van der Waals surface area contributed by atoms with E-state index in [1.54, 1.807) is 29.2 Å². The molecule has 0 radical (unpaired) electrons. The Morgan fingerprint density at radius 1 is 0.960 bits per heavy atom. The Morgan fingerprint density at radius 3 is 2.28 bits per heavy atom. The van der Waals surface area contributed by atoms with Crippen LogP contribution in [0.1, 0.15) is 23.2 Å². The van der Waals surface area contributed by atoms with E-state index in [0.29, 0.717) is 31.5 Å². The van der Waals surface area contributed by atoms with Gasteiger partial charge in [-0.15, -0.1) is 0 Å². The summed E-state index contributed by atoms with van der Waals surface area (Å²) >= 11 is 0. The Labute approximate surface area is 145 Å². The molecular formula is C19H20FN3O2. The van der Waals surface area contributed by atoms with Gasteiger partial charge in [0.2, 0.25) is 0 Å². The number of carbonyl (C=O) groups is 2. The molecule has 0 aliphatic carbocycles. The highest BCUT2D eigenvalue weighted by molar-refractivity contribution is 5.94. The molecule has 3 rings (SSSR count). The van der Waals surface area contributed by atoms with Crippen molar-refractivity contribution in [1.29, 1.82) is 0 Å². The van der Waals surface area contributed by atoms with Gasteiger partial charge < -0.3 is 15.5 Å². The number of amides is 3. The predicted octanol–water partition coefficient (Wildman–Crippen LogP) is 3.25. The third kappa shape index (κ3) is 4.35. The van der Waals surface area contributed by atoms with E-state index in [1.165, 1.54) is 12.1 Å². The lowest BCUT2D eigenvalue weighted by atomic mass is 10.0. The molecule has 1 aliphatic rings. The van der Waals surface area contributed by atoms with E-state index in [2.05, 4.69) is 10.6 Å². The van der Waals surface area contributed by atoms with Crippen molar-refractivity contribution in [3.8, 4) is 0 Å². The number of piperidine rings is 1. The molecule has 0 spiro atoms. The van der Waals surface area contributed by atoms with Gasteiger partial charge >= 0.3 is 6.03 Å². The maximum absolute atomic E-state index is 13.5. The summed E-state index contributed by atoms with van der Waals surface area (Å²) in [6.07, 6.45) is 1.34. The van der Waals surface area contributed by atoms with Gasteiger partial charge in [0.25, 0.3) is 5.91 Å². The number of para-hydroxylation sites is 1. The molecule has 130 valence electrons. The highest BCUT2D eigenvalue weighted by Crippen LogP contribution is 2.15. The summed E-state index contributed by atoms with van der Waals surface area (Å²) in [7, 11) is 0. The number of halogens is 1. The fourth-order valence-corrected chi connectivity index (χ4v) is 2.90. The maximum Gasteiger partial charge on any atom is 0.319 e. The zero-order chi connectivity index (χ0) is 17.6. The topological polar surface area (TPSA) is 61.4 Å². The number of likely N-dealkylation sites (tertiary alicyclic amines) is 1. The lowest BCUT2D eigenvalue weighted by molar-refractivity contribution is 0.0709. The molecule has 2 aromatic rings. The molecule has 2 N–H and O–H groups in total. The van der Waals surface area contributed by atoms with Crippen molar-refractivity contribution in [3.05, 3.63) is 66.0 Å². The summed E-state index contributed by atoms with van der Waals surface area (Å²) in [5.74, 6) is -0.462. The highest BCUT2D eigenvalue weighted by Gasteiger charge is 2.24. The Bertz CT molecular complexity index is 743. The average molecular weight is 341 g/mol. The monoisotopic (exact) mass is 341 g/mol. The molecule has 0 saturated carbocycles. The second-order valence-electron chi connectivity index (χ2n) is 6.01. The number of nitrogens with one attached hydrogen (secondary N) is 2. The largest absolute Gasteiger partial charge is 0.338 e. The summed E-state index contributed by atoms with van der Waals surface area (Å²) in [4.78, 5) is 26.2. The first kappa shape index (κ1) is 17.0.